The molecule has 0 radical (unpaired) electrons. The zero-order chi connectivity index (χ0) is 25.1. The highest BCUT2D eigenvalue weighted by Crippen LogP contribution is 2.38. The van der Waals surface area contributed by atoms with Crippen LogP contribution in [0.3, 0.4) is 0 Å². The molecule has 0 fully saturated rings. The van der Waals surface area contributed by atoms with Gasteiger partial charge < -0.3 is 14.6 Å². The van der Waals surface area contributed by atoms with Crippen LogP contribution in [0.25, 0.3) is 17.0 Å². The van der Waals surface area contributed by atoms with Gasteiger partial charge in [-0.25, -0.2) is 9.18 Å². The van der Waals surface area contributed by atoms with Gasteiger partial charge in [0, 0.05) is 24.4 Å². The molecule has 2 aromatic carbocycles. The number of nitrogens with zero attached hydrogens (tertiary/aromatic N) is 3. The second kappa shape index (κ2) is 10.4. The number of aromatic nitrogens is 2. The lowest BCUT2D eigenvalue weighted by Gasteiger charge is -2.35. The Labute approximate surface area is 205 Å². The average Bonchev–Trinajstić information content (AvgIpc) is 3.29. The highest BCUT2D eigenvalue weighted by molar-refractivity contribution is 5.87. The predicted octanol–water partition coefficient (Wildman–Crippen LogP) is 5.81. The summed E-state index contributed by atoms with van der Waals surface area (Å²) in [4.78, 5) is 19.4. The van der Waals surface area contributed by atoms with Gasteiger partial charge in [0.15, 0.2) is 0 Å². The summed E-state index contributed by atoms with van der Waals surface area (Å²) in [5.74, 6) is 0.192. The number of halogens is 1. The Bertz CT molecular complexity index is 1250. The predicted molar refractivity (Wildman–Crippen MR) is 132 cm³/mol. The van der Waals surface area contributed by atoms with Gasteiger partial charge in [0.05, 0.1) is 17.7 Å². The molecule has 35 heavy (non-hydrogen) atoms. The summed E-state index contributed by atoms with van der Waals surface area (Å²) in [5.41, 5.74) is 5.17. The molecule has 0 spiro atoms. The van der Waals surface area contributed by atoms with Crippen molar-refractivity contribution in [2.45, 2.75) is 53.2 Å². The van der Waals surface area contributed by atoms with E-state index in [1.165, 1.54) is 12.1 Å². The van der Waals surface area contributed by atoms with Crippen molar-refractivity contribution in [1.29, 1.82) is 0 Å². The van der Waals surface area contributed by atoms with E-state index in [1.807, 2.05) is 46.8 Å². The first kappa shape index (κ1) is 24.6. The normalized spacial score (nSPS) is 16.3. The zero-order valence-corrected chi connectivity index (χ0v) is 20.8. The van der Waals surface area contributed by atoms with Gasteiger partial charge in [-0.2, -0.15) is 4.98 Å². The number of nitrogens with one attached hydrogen (secondary N) is 1. The number of amides is 2. The summed E-state index contributed by atoms with van der Waals surface area (Å²) in [6.07, 6.45) is 0.814. The summed E-state index contributed by atoms with van der Waals surface area (Å²) >= 11 is 0. The number of benzene rings is 2. The van der Waals surface area contributed by atoms with Crippen molar-refractivity contribution in [3.63, 3.8) is 0 Å². The Morgan fingerprint density at radius 1 is 1.14 bits per heavy atom. The lowest BCUT2D eigenvalue weighted by atomic mass is 9.92. The van der Waals surface area contributed by atoms with Crippen LogP contribution >= 0.6 is 0 Å². The lowest BCUT2D eigenvalue weighted by Crippen LogP contribution is -2.46. The highest BCUT2D eigenvalue weighted by atomic mass is 19.1. The van der Waals surface area contributed by atoms with E-state index in [0.717, 1.165) is 22.4 Å². The van der Waals surface area contributed by atoms with E-state index >= 15 is 0 Å². The van der Waals surface area contributed by atoms with E-state index in [4.69, 9.17) is 9.26 Å². The Hall–Kier alpha value is -3.52. The molecule has 1 aromatic heterocycles. The van der Waals surface area contributed by atoms with E-state index < -0.39 is 6.04 Å². The van der Waals surface area contributed by atoms with Gasteiger partial charge in [0.25, 0.3) is 5.89 Å². The van der Waals surface area contributed by atoms with Crippen molar-refractivity contribution < 1.29 is 18.4 Å². The summed E-state index contributed by atoms with van der Waals surface area (Å²) < 4.78 is 25.1. The van der Waals surface area contributed by atoms with Crippen LogP contribution in [0.5, 0.6) is 0 Å². The molecule has 1 aliphatic heterocycles. The molecule has 2 heterocycles. The van der Waals surface area contributed by atoms with Crippen molar-refractivity contribution in [3.05, 3.63) is 76.6 Å². The minimum Gasteiger partial charge on any atom is -0.379 e. The van der Waals surface area contributed by atoms with Crippen LogP contribution in [0.1, 0.15) is 55.8 Å². The maximum atomic E-state index is 13.8. The molecule has 7 nitrogen and oxygen atoms in total. The summed E-state index contributed by atoms with van der Waals surface area (Å²) in [5, 5.41) is 7.21. The van der Waals surface area contributed by atoms with Gasteiger partial charge >= 0.3 is 6.03 Å². The van der Waals surface area contributed by atoms with E-state index in [9.17, 15) is 9.18 Å². The molecule has 1 N–H and O–H groups in total. The van der Waals surface area contributed by atoms with Crippen LogP contribution in [0.4, 0.5) is 9.18 Å². The third-order valence-corrected chi connectivity index (χ3v) is 6.18. The maximum Gasteiger partial charge on any atom is 0.322 e. The molecule has 8 heteroatoms. The molecule has 3 aromatic rings. The fraction of sp³-hybridized carbons (Fsp3) is 0.370. The van der Waals surface area contributed by atoms with Gasteiger partial charge in [-0.3, -0.25) is 4.90 Å². The number of carbonyl (C=O) groups is 1. The quantitative estimate of drug-likeness (QED) is 0.414. The molecule has 0 bridgehead atoms. The van der Waals surface area contributed by atoms with Crippen molar-refractivity contribution in [2.24, 2.45) is 0 Å². The second-order valence-electron chi connectivity index (χ2n) is 9.08. The Morgan fingerprint density at radius 3 is 2.66 bits per heavy atom. The van der Waals surface area contributed by atoms with E-state index in [1.54, 1.807) is 17.0 Å². The molecule has 184 valence electrons. The van der Waals surface area contributed by atoms with Crippen LogP contribution in [0.15, 0.2) is 52.7 Å². The van der Waals surface area contributed by atoms with Crippen LogP contribution in [-0.2, 0) is 4.74 Å². The minimum atomic E-state index is -0.467. The fourth-order valence-corrected chi connectivity index (χ4v) is 4.14. The third kappa shape index (κ3) is 5.43. The van der Waals surface area contributed by atoms with Crippen molar-refractivity contribution in [2.75, 3.05) is 13.2 Å². The molecule has 1 atom stereocenters. The SMILES string of the molecule is CC1=C(c2nc(-c3cccc(F)c3)no2)C(c2ccc(C)c(C)c2)NC(=O)N1CCCOC(C)C. The monoisotopic (exact) mass is 478 g/mol. The third-order valence-electron chi connectivity index (χ3n) is 6.18. The number of aryl methyl sites for hydroxylation is 2. The first-order valence-electron chi connectivity index (χ1n) is 11.8. The van der Waals surface area contributed by atoms with Crippen LogP contribution in [0, 0.1) is 19.7 Å². The molecular formula is C27H31FN4O3. The average molecular weight is 479 g/mol. The number of hydrogen-bond acceptors (Lipinski definition) is 5. The molecule has 0 saturated carbocycles. The lowest BCUT2D eigenvalue weighted by molar-refractivity contribution is 0.0736. The Balaban J connectivity index is 1.73. The van der Waals surface area contributed by atoms with E-state index in [-0.39, 0.29) is 29.7 Å². The van der Waals surface area contributed by atoms with Crippen molar-refractivity contribution in [3.8, 4) is 11.4 Å². The van der Waals surface area contributed by atoms with Crippen LogP contribution < -0.4 is 5.32 Å². The van der Waals surface area contributed by atoms with Gasteiger partial charge in [0.2, 0.25) is 5.82 Å². The Kier molecular flexibility index (Phi) is 7.31. The molecular weight excluding hydrogens is 447 g/mol. The summed E-state index contributed by atoms with van der Waals surface area (Å²) in [7, 11) is 0. The summed E-state index contributed by atoms with van der Waals surface area (Å²) in [6, 6.07) is 11.5. The van der Waals surface area contributed by atoms with Gasteiger partial charge in [-0.1, -0.05) is 35.5 Å². The van der Waals surface area contributed by atoms with E-state index in [2.05, 4.69) is 21.5 Å². The smallest absolute Gasteiger partial charge is 0.322 e. The molecule has 4 rings (SSSR count). The Morgan fingerprint density at radius 2 is 1.94 bits per heavy atom. The minimum absolute atomic E-state index is 0.131. The van der Waals surface area contributed by atoms with Crippen LogP contribution in [0.2, 0.25) is 0 Å². The number of carbonyl (C=O) groups excluding carboxylic acids is 1. The van der Waals surface area contributed by atoms with Gasteiger partial charge in [-0.15, -0.1) is 0 Å². The molecule has 0 saturated heterocycles. The van der Waals surface area contributed by atoms with Gasteiger partial charge in [-0.05, 0) is 69.9 Å². The number of allylic oxidation sites excluding steroid dienone is 1. The summed E-state index contributed by atoms with van der Waals surface area (Å²) in [6.45, 7) is 11.0. The largest absolute Gasteiger partial charge is 0.379 e. The number of ether oxygens (including phenoxy) is 1. The van der Waals surface area contributed by atoms with Gasteiger partial charge in [0.1, 0.15) is 5.82 Å². The van der Waals surface area contributed by atoms with Crippen molar-refractivity contribution >= 4 is 11.6 Å². The highest BCUT2D eigenvalue weighted by Gasteiger charge is 2.35. The topological polar surface area (TPSA) is 80.5 Å². The standard InChI is InChI=1S/C27H31FN4O3/c1-16(2)34-13-7-12-32-19(5)23(24(29-27(32)33)20-11-10-17(3)18(4)14-20)26-30-25(31-35-26)21-8-6-9-22(28)15-21/h6,8-11,14-16,24H,7,12-13H2,1-5H3,(H,29,33). The molecule has 0 aliphatic carbocycles. The van der Waals surface area contributed by atoms with Crippen molar-refractivity contribution in [1.82, 2.24) is 20.4 Å². The van der Waals surface area contributed by atoms with E-state index in [0.29, 0.717) is 30.7 Å². The molecule has 1 unspecified atom stereocenters. The number of rotatable bonds is 8. The first-order chi connectivity index (χ1) is 16.7. The first-order valence-corrected chi connectivity index (χ1v) is 11.8. The molecule has 2 amide bonds. The number of urea groups is 1. The molecule has 1 aliphatic rings. The second-order valence-corrected chi connectivity index (χ2v) is 9.08. The number of hydrogen-bond donors (Lipinski definition) is 1. The zero-order valence-electron chi connectivity index (χ0n) is 20.8. The maximum absolute atomic E-state index is 13.8. The fourth-order valence-electron chi connectivity index (χ4n) is 4.14. The van der Waals surface area contributed by atoms with Crippen LogP contribution in [-0.4, -0.2) is 40.3 Å².